The number of para-hydroxylation sites is 1. The van der Waals surface area contributed by atoms with Crippen LogP contribution in [0.15, 0.2) is 24.3 Å². The van der Waals surface area contributed by atoms with Crippen molar-refractivity contribution in [2.24, 2.45) is 0 Å². The Balaban J connectivity index is 2.20. The minimum Gasteiger partial charge on any atom is -0.378 e. The quantitative estimate of drug-likeness (QED) is 0.794. The lowest BCUT2D eigenvalue weighted by atomic mass is 10.1. The zero-order valence-corrected chi connectivity index (χ0v) is 9.33. The molecule has 0 N–H and O–H groups in total. The zero-order valence-electron chi connectivity index (χ0n) is 9.33. The molecule has 1 saturated heterocycles. The topological polar surface area (TPSA) is 12.5 Å². The highest BCUT2D eigenvalue weighted by Crippen LogP contribution is 2.28. The summed E-state index contributed by atoms with van der Waals surface area (Å²) in [6.45, 7) is 2.43. The first kappa shape index (κ1) is 12.2. The van der Waals surface area contributed by atoms with Crippen molar-refractivity contribution in [2.45, 2.75) is 12.6 Å². The van der Waals surface area contributed by atoms with Crippen LogP contribution >= 0.6 is 0 Å². The number of rotatable bonds is 2. The van der Waals surface area contributed by atoms with E-state index in [1.807, 2.05) is 4.90 Å². The van der Waals surface area contributed by atoms with Gasteiger partial charge in [0.25, 0.3) is 0 Å². The molecule has 0 aromatic heterocycles. The van der Waals surface area contributed by atoms with Crippen LogP contribution in [0.1, 0.15) is 5.56 Å². The van der Waals surface area contributed by atoms with Crippen molar-refractivity contribution in [3.63, 3.8) is 0 Å². The Labute approximate surface area is 98.0 Å². The van der Waals surface area contributed by atoms with Crippen molar-refractivity contribution in [1.82, 2.24) is 0 Å². The molecule has 0 atom stereocenters. The largest absolute Gasteiger partial charge is 0.393 e. The Kier molecular flexibility index (Phi) is 3.57. The Morgan fingerprint density at radius 3 is 2.41 bits per heavy atom. The van der Waals surface area contributed by atoms with Gasteiger partial charge in [0.2, 0.25) is 0 Å². The number of morpholine rings is 1. The van der Waals surface area contributed by atoms with Crippen molar-refractivity contribution in [1.29, 1.82) is 0 Å². The van der Waals surface area contributed by atoms with Crippen molar-refractivity contribution in [3.05, 3.63) is 29.8 Å². The number of anilines is 1. The molecule has 94 valence electrons. The standard InChI is InChI=1S/C12H14F3NO/c13-12(14,15)9-10-3-1-2-4-11(10)16-5-7-17-8-6-16/h1-4H,5-9H2. The van der Waals surface area contributed by atoms with Gasteiger partial charge in [0.05, 0.1) is 19.6 Å². The summed E-state index contributed by atoms with van der Waals surface area (Å²) in [4.78, 5) is 1.95. The highest BCUT2D eigenvalue weighted by molar-refractivity contribution is 5.54. The predicted octanol–water partition coefficient (Wildman–Crippen LogP) is 2.63. The first-order valence-electron chi connectivity index (χ1n) is 5.53. The molecule has 1 aliphatic heterocycles. The SMILES string of the molecule is FC(F)(F)Cc1ccccc1N1CCOCC1. The minimum atomic E-state index is -4.16. The Morgan fingerprint density at radius 2 is 1.76 bits per heavy atom. The van der Waals surface area contributed by atoms with E-state index < -0.39 is 12.6 Å². The third kappa shape index (κ3) is 3.36. The molecule has 0 unspecified atom stereocenters. The maximum absolute atomic E-state index is 12.4. The molecule has 0 radical (unpaired) electrons. The second kappa shape index (κ2) is 4.96. The van der Waals surface area contributed by atoms with E-state index in [1.165, 1.54) is 6.07 Å². The van der Waals surface area contributed by atoms with Crippen LogP contribution in [0.25, 0.3) is 0 Å². The van der Waals surface area contributed by atoms with E-state index >= 15 is 0 Å². The van der Waals surface area contributed by atoms with Gasteiger partial charge in [-0.25, -0.2) is 0 Å². The molecule has 1 heterocycles. The normalized spacial score (nSPS) is 17.2. The Hall–Kier alpha value is -1.23. The lowest BCUT2D eigenvalue weighted by Gasteiger charge is -2.30. The molecule has 0 spiro atoms. The van der Waals surface area contributed by atoms with Gasteiger partial charge in [-0.15, -0.1) is 0 Å². The van der Waals surface area contributed by atoms with Crippen molar-refractivity contribution < 1.29 is 17.9 Å². The number of nitrogens with zero attached hydrogens (tertiary/aromatic N) is 1. The van der Waals surface area contributed by atoms with E-state index in [4.69, 9.17) is 4.74 Å². The molecule has 17 heavy (non-hydrogen) atoms. The lowest BCUT2D eigenvalue weighted by Crippen LogP contribution is -2.37. The summed E-state index contributed by atoms with van der Waals surface area (Å²) in [5.41, 5.74) is 1.01. The highest BCUT2D eigenvalue weighted by atomic mass is 19.4. The van der Waals surface area contributed by atoms with E-state index in [-0.39, 0.29) is 0 Å². The molecule has 1 aromatic rings. The maximum atomic E-state index is 12.4. The van der Waals surface area contributed by atoms with Crippen LogP contribution in [0, 0.1) is 0 Å². The molecular formula is C12H14F3NO. The van der Waals surface area contributed by atoms with Gasteiger partial charge in [0, 0.05) is 18.8 Å². The second-order valence-electron chi connectivity index (χ2n) is 4.02. The van der Waals surface area contributed by atoms with Gasteiger partial charge >= 0.3 is 6.18 Å². The summed E-state index contributed by atoms with van der Waals surface area (Å²) >= 11 is 0. The predicted molar refractivity (Wildman–Crippen MR) is 59.2 cm³/mol. The van der Waals surface area contributed by atoms with Gasteiger partial charge in [-0.3, -0.25) is 0 Å². The van der Waals surface area contributed by atoms with Crippen molar-refractivity contribution in [2.75, 3.05) is 31.2 Å². The summed E-state index contributed by atoms with van der Waals surface area (Å²) in [7, 11) is 0. The number of alkyl halides is 3. The van der Waals surface area contributed by atoms with E-state index in [0.29, 0.717) is 37.6 Å². The molecular weight excluding hydrogens is 231 g/mol. The molecule has 0 aliphatic carbocycles. The van der Waals surface area contributed by atoms with Gasteiger partial charge < -0.3 is 9.64 Å². The van der Waals surface area contributed by atoms with Crippen LogP contribution < -0.4 is 4.90 Å². The fourth-order valence-corrected chi connectivity index (χ4v) is 1.99. The van der Waals surface area contributed by atoms with Crippen LogP contribution in [0.3, 0.4) is 0 Å². The first-order valence-corrected chi connectivity index (χ1v) is 5.53. The third-order valence-corrected chi connectivity index (χ3v) is 2.73. The summed E-state index contributed by atoms with van der Waals surface area (Å²) in [6.07, 6.45) is -5.04. The van der Waals surface area contributed by atoms with E-state index in [1.54, 1.807) is 18.2 Å². The van der Waals surface area contributed by atoms with Crippen LogP contribution in [0.4, 0.5) is 18.9 Å². The molecule has 0 amide bonds. The van der Waals surface area contributed by atoms with Crippen LogP contribution in [0.5, 0.6) is 0 Å². The van der Waals surface area contributed by atoms with Crippen LogP contribution in [-0.4, -0.2) is 32.5 Å². The average molecular weight is 245 g/mol. The van der Waals surface area contributed by atoms with Crippen LogP contribution in [0.2, 0.25) is 0 Å². The first-order chi connectivity index (χ1) is 8.06. The van der Waals surface area contributed by atoms with E-state index in [2.05, 4.69) is 0 Å². The third-order valence-electron chi connectivity index (χ3n) is 2.73. The molecule has 2 rings (SSSR count). The molecule has 0 saturated carbocycles. The molecule has 1 aromatic carbocycles. The fraction of sp³-hybridized carbons (Fsp3) is 0.500. The highest BCUT2D eigenvalue weighted by Gasteiger charge is 2.29. The van der Waals surface area contributed by atoms with Gasteiger partial charge in [-0.2, -0.15) is 13.2 Å². The Morgan fingerprint density at radius 1 is 1.12 bits per heavy atom. The average Bonchev–Trinajstić information content (AvgIpc) is 2.29. The number of halogens is 3. The molecule has 0 bridgehead atoms. The zero-order chi connectivity index (χ0) is 12.3. The van der Waals surface area contributed by atoms with Gasteiger partial charge in [0.1, 0.15) is 0 Å². The van der Waals surface area contributed by atoms with E-state index in [9.17, 15) is 13.2 Å². The van der Waals surface area contributed by atoms with Crippen molar-refractivity contribution in [3.8, 4) is 0 Å². The van der Waals surface area contributed by atoms with Crippen LogP contribution in [-0.2, 0) is 11.2 Å². The summed E-state index contributed by atoms with van der Waals surface area (Å²) in [6, 6.07) is 6.69. The molecule has 5 heteroatoms. The summed E-state index contributed by atoms with van der Waals surface area (Å²) in [5, 5.41) is 0. The van der Waals surface area contributed by atoms with E-state index in [0.717, 1.165) is 0 Å². The fourth-order valence-electron chi connectivity index (χ4n) is 1.99. The maximum Gasteiger partial charge on any atom is 0.393 e. The number of ether oxygens (including phenoxy) is 1. The summed E-state index contributed by atoms with van der Waals surface area (Å²) in [5.74, 6) is 0. The molecule has 1 fully saturated rings. The van der Waals surface area contributed by atoms with Gasteiger partial charge in [-0.1, -0.05) is 18.2 Å². The van der Waals surface area contributed by atoms with Crippen molar-refractivity contribution >= 4 is 5.69 Å². The molecule has 1 aliphatic rings. The lowest BCUT2D eigenvalue weighted by molar-refractivity contribution is -0.127. The van der Waals surface area contributed by atoms with Gasteiger partial charge in [-0.05, 0) is 11.6 Å². The number of hydrogen-bond donors (Lipinski definition) is 0. The smallest absolute Gasteiger partial charge is 0.378 e. The minimum absolute atomic E-state index is 0.335. The number of benzene rings is 1. The number of hydrogen-bond acceptors (Lipinski definition) is 2. The Bertz CT molecular complexity index is 372. The summed E-state index contributed by atoms with van der Waals surface area (Å²) < 4.78 is 42.5. The second-order valence-corrected chi connectivity index (χ2v) is 4.02. The monoisotopic (exact) mass is 245 g/mol. The molecule has 2 nitrogen and oxygen atoms in total. The van der Waals surface area contributed by atoms with Gasteiger partial charge in [0.15, 0.2) is 0 Å².